The maximum atomic E-state index is 13.2. The molecule has 1 aromatic heterocycles. The first kappa shape index (κ1) is 15.1. The van der Waals surface area contributed by atoms with Crippen LogP contribution in [0.3, 0.4) is 0 Å². The maximum absolute atomic E-state index is 13.2. The number of nitrogens with zero attached hydrogens (tertiary/aromatic N) is 3. The highest BCUT2D eigenvalue weighted by Gasteiger charge is 2.20. The number of halogens is 2. The lowest BCUT2D eigenvalue weighted by atomic mass is 10.1. The Bertz CT molecular complexity index is 648. The molecular weight excluding hydrogens is 280 g/mol. The lowest BCUT2D eigenvalue weighted by molar-refractivity contribution is 0.0689. The van der Waals surface area contributed by atoms with Gasteiger partial charge in [0.25, 0.3) is 0 Å². The number of benzene rings is 1. The van der Waals surface area contributed by atoms with Gasteiger partial charge >= 0.3 is 5.97 Å². The van der Waals surface area contributed by atoms with E-state index < -0.39 is 17.6 Å². The number of rotatable bonds is 5. The van der Waals surface area contributed by atoms with E-state index in [2.05, 4.69) is 10.3 Å². The van der Waals surface area contributed by atoms with E-state index in [1.165, 1.54) is 16.8 Å². The first-order valence-corrected chi connectivity index (χ1v) is 6.47. The fourth-order valence-corrected chi connectivity index (χ4v) is 2.09. The summed E-state index contributed by atoms with van der Waals surface area (Å²) in [5.41, 5.74) is 0.682. The fraction of sp³-hybridized carbons (Fsp3) is 0.357. The third kappa shape index (κ3) is 3.62. The molecule has 0 bridgehead atoms. The zero-order valence-electron chi connectivity index (χ0n) is 11.7. The van der Waals surface area contributed by atoms with Gasteiger partial charge in [-0.1, -0.05) is 19.1 Å². The van der Waals surface area contributed by atoms with Gasteiger partial charge in [0.2, 0.25) is 0 Å². The lowest BCUT2D eigenvalue weighted by Gasteiger charge is -2.09. The fourth-order valence-electron chi connectivity index (χ4n) is 2.09. The van der Waals surface area contributed by atoms with Crippen LogP contribution in [0.5, 0.6) is 0 Å². The molecule has 2 rings (SSSR count). The number of carboxylic acid groups (broad SMARTS) is 1. The quantitative estimate of drug-likeness (QED) is 0.920. The number of aromatic carboxylic acids is 1. The molecule has 0 saturated heterocycles. The van der Waals surface area contributed by atoms with Crippen molar-refractivity contribution in [3.05, 3.63) is 46.8 Å². The van der Waals surface area contributed by atoms with Crippen LogP contribution in [0.4, 0.5) is 8.78 Å². The Morgan fingerprint density at radius 3 is 2.43 bits per heavy atom. The number of hydrogen-bond donors (Lipinski definition) is 1. The van der Waals surface area contributed by atoms with Crippen LogP contribution >= 0.6 is 0 Å². The molecule has 0 atom stereocenters. The second-order valence-electron chi connectivity index (χ2n) is 5.22. The predicted molar refractivity (Wildman–Crippen MR) is 71.0 cm³/mol. The minimum absolute atomic E-state index is 0.0665. The molecular formula is C14H15F2N3O2. The topological polar surface area (TPSA) is 68.0 Å². The molecule has 21 heavy (non-hydrogen) atoms. The van der Waals surface area contributed by atoms with Crippen LogP contribution < -0.4 is 0 Å². The predicted octanol–water partition coefficient (Wildman–Crippen LogP) is 2.50. The van der Waals surface area contributed by atoms with Gasteiger partial charge in [-0.25, -0.2) is 18.3 Å². The minimum Gasteiger partial charge on any atom is -0.476 e. The van der Waals surface area contributed by atoms with Crippen LogP contribution in [0.1, 0.15) is 35.6 Å². The van der Waals surface area contributed by atoms with Gasteiger partial charge in [-0.2, -0.15) is 0 Å². The summed E-state index contributed by atoms with van der Waals surface area (Å²) >= 11 is 0. The van der Waals surface area contributed by atoms with Crippen molar-refractivity contribution in [3.8, 4) is 0 Å². The zero-order chi connectivity index (χ0) is 15.6. The molecule has 0 fully saturated rings. The summed E-state index contributed by atoms with van der Waals surface area (Å²) in [4.78, 5) is 11.1. The number of aromatic nitrogens is 3. The van der Waals surface area contributed by atoms with Crippen molar-refractivity contribution in [1.82, 2.24) is 15.0 Å². The van der Waals surface area contributed by atoms with Gasteiger partial charge < -0.3 is 5.11 Å². The molecule has 0 spiro atoms. The van der Waals surface area contributed by atoms with Crippen molar-refractivity contribution in [1.29, 1.82) is 0 Å². The Morgan fingerprint density at radius 1 is 1.29 bits per heavy atom. The molecule has 7 heteroatoms. The second kappa shape index (κ2) is 5.99. The second-order valence-corrected chi connectivity index (χ2v) is 5.22. The summed E-state index contributed by atoms with van der Waals surface area (Å²) in [6.45, 7) is 3.94. The van der Waals surface area contributed by atoms with Gasteiger partial charge in [-0.3, -0.25) is 0 Å². The van der Waals surface area contributed by atoms with Crippen LogP contribution in [0.2, 0.25) is 0 Å². The molecule has 0 unspecified atom stereocenters. The van der Waals surface area contributed by atoms with Crippen LogP contribution in [0.25, 0.3) is 0 Å². The maximum Gasteiger partial charge on any atom is 0.358 e. The van der Waals surface area contributed by atoms with Crippen molar-refractivity contribution in [2.45, 2.75) is 26.8 Å². The molecule has 1 aromatic carbocycles. The van der Waals surface area contributed by atoms with Gasteiger partial charge in [0, 0.05) is 6.07 Å². The van der Waals surface area contributed by atoms with E-state index in [1.807, 2.05) is 13.8 Å². The number of carbonyl (C=O) groups is 1. The molecule has 0 aliphatic carbocycles. The molecule has 0 amide bonds. The highest BCUT2D eigenvalue weighted by atomic mass is 19.1. The van der Waals surface area contributed by atoms with Gasteiger partial charge in [-0.05, 0) is 30.0 Å². The van der Waals surface area contributed by atoms with Crippen molar-refractivity contribution in [3.63, 3.8) is 0 Å². The SMILES string of the molecule is CC(C)Cc1c(C(=O)O)nnn1Cc1cc(F)cc(F)c1. The summed E-state index contributed by atoms with van der Waals surface area (Å²) < 4.78 is 27.8. The first-order chi connectivity index (χ1) is 9.86. The third-order valence-corrected chi connectivity index (χ3v) is 2.90. The average Bonchev–Trinajstić information content (AvgIpc) is 2.70. The van der Waals surface area contributed by atoms with Crippen LogP contribution in [-0.2, 0) is 13.0 Å². The smallest absolute Gasteiger partial charge is 0.358 e. The van der Waals surface area contributed by atoms with E-state index in [9.17, 15) is 13.6 Å². The molecule has 0 aliphatic heterocycles. The molecule has 0 aliphatic rings. The summed E-state index contributed by atoms with van der Waals surface area (Å²) in [6.07, 6.45) is 0.465. The van der Waals surface area contributed by atoms with Crippen LogP contribution in [0, 0.1) is 17.6 Å². The summed E-state index contributed by atoms with van der Waals surface area (Å²) in [6, 6.07) is 3.15. The molecule has 2 aromatic rings. The highest BCUT2D eigenvalue weighted by molar-refractivity contribution is 5.86. The number of carboxylic acids is 1. The third-order valence-electron chi connectivity index (χ3n) is 2.90. The van der Waals surface area contributed by atoms with Crippen molar-refractivity contribution >= 4 is 5.97 Å². The molecule has 0 saturated carbocycles. The minimum atomic E-state index is -1.16. The van der Waals surface area contributed by atoms with E-state index in [0.717, 1.165) is 6.07 Å². The molecule has 5 nitrogen and oxygen atoms in total. The molecule has 1 heterocycles. The average molecular weight is 295 g/mol. The summed E-state index contributed by atoms with van der Waals surface area (Å²) in [7, 11) is 0. The Kier molecular flexibility index (Phi) is 4.30. The van der Waals surface area contributed by atoms with E-state index in [4.69, 9.17) is 5.11 Å². The first-order valence-electron chi connectivity index (χ1n) is 6.47. The highest BCUT2D eigenvalue weighted by Crippen LogP contribution is 2.15. The Morgan fingerprint density at radius 2 is 1.90 bits per heavy atom. The monoisotopic (exact) mass is 295 g/mol. The normalized spacial score (nSPS) is 11.1. The van der Waals surface area contributed by atoms with E-state index in [0.29, 0.717) is 17.7 Å². The van der Waals surface area contributed by atoms with Crippen molar-refractivity contribution in [2.24, 2.45) is 5.92 Å². The Balaban J connectivity index is 2.37. The Hall–Kier alpha value is -2.31. The molecule has 112 valence electrons. The largest absolute Gasteiger partial charge is 0.476 e. The lowest BCUT2D eigenvalue weighted by Crippen LogP contribution is -2.12. The van der Waals surface area contributed by atoms with Gasteiger partial charge in [-0.15, -0.1) is 5.10 Å². The van der Waals surface area contributed by atoms with Gasteiger partial charge in [0.1, 0.15) is 11.6 Å². The summed E-state index contributed by atoms with van der Waals surface area (Å²) in [5.74, 6) is -2.34. The van der Waals surface area contributed by atoms with Gasteiger partial charge in [0.05, 0.1) is 12.2 Å². The van der Waals surface area contributed by atoms with Crippen LogP contribution in [-0.4, -0.2) is 26.1 Å². The standard InChI is InChI=1S/C14H15F2N3O2/c1-8(2)3-12-13(14(20)21)17-18-19(12)7-9-4-10(15)6-11(16)5-9/h4-6,8H,3,7H2,1-2H3,(H,20,21). The van der Waals surface area contributed by atoms with E-state index >= 15 is 0 Å². The van der Waals surface area contributed by atoms with E-state index in [-0.39, 0.29) is 18.2 Å². The van der Waals surface area contributed by atoms with Crippen molar-refractivity contribution < 1.29 is 18.7 Å². The van der Waals surface area contributed by atoms with Crippen LogP contribution in [0.15, 0.2) is 18.2 Å². The molecule has 0 radical (unpaired) electrons. The summed E-state index contributed by atoms with van der Waals surface area (Å²) in [5, 5.41) is 16.5. The van der Waals surface area contributed by atoms with Crippen molar-refractivity contribution in [2.75, 3.05) is 0 Å². The number of hydrogen-bond acceptors (Lipinski definition) is 3. The molecule has 1 N–H and O–H groups in total. The Labute approximate surface area is 120 Å². The zero-order valence-corrected chi connectivity index (χ0v) is 11.7. The van der Waals surface area contributed by atoms with E-state index in [1.54, 1.807) is 0 Å². The van der Waals surface area contributed by atoms with Gasteiger partial charge in [0.15, 0.2) is 5.69 Å².